The second kappa shape index (κ2) is 8.92. The molecule has 0 radical (unpaired) electrons. The molecular formula is C18H23N5O3S. The van der Waals surface area contributed by atoms with E-state index in [0.29, 0.717) is 56.4 Å². The molecule has 0 spiro atoms. The molecule has 2 aromatic rings. The number of aromatic nitrogens is 2. The molecule has 0 atom stereocenters. The fourth-order valence-corrected chi connectivity index (χ4v) is 4.35. The van der Waals surface area contributed by atoms with Crippen LogP contribution in [0, 0.1) is 0 Å². The van der Waals surface area contributed by atoms with Crippen molar-refractivity contribution < 1.29 is 13.2 Å². The van der Waals surface area contributed by atoms with Crippen molar-refractivity contribution in [2.75, 3.05) is 38.0 Å². The van der Waals surface area contributed by atoms with E-state index in [2.05, 4.69) is 15.3 Å². The number of benzene rings is 1. The van der Waals surface area contributed by atoms with Crippen LogP contribution in [0.5, 0.6) is 0 Å². The number of carbonyl (C=O) groups is 1. The highest BCUT2D eigenvalue weighted by Crippen LogP contribution is 2.17. The van der Waals surface area contributed by atoms with Gasteiger partial charge < -0.3 is 10.2 Å². The molecule has 1 aromatic heterocycles. The number of hydrogen-bond donors (Lipinski definition) is 1. The first-order valence-corrected chi connectivity index (χ1v) is 10.4. The average molecular weight is 389 g/mol. The zero-order valence-electron chi connectivity index (χ0n) is 15.0. The Hall–Kier alpha value is -2.52. The first-order valence-electron chi connectivity index (χ1n) is 8.91. The number of anilines is 1. The molecule has 1 saturated heterocycles. The third-order valence-corrected chi connectivity index (χ3v) is 6.30. The maximum Gasteiger partial charge on any atom is 0.243 e. The Bertz CT molecular complexity index is 838. The van der Waals surface area contributed by atoms with Crippen LogP contribution in [0.25, 0.3) is 0 Å². The lowest BCUT2D eigenvalue weighted by Gasteiger charge is -2.34. The Morgan fingerprint density at radius 2 is 1.67 bits per heavy atom. The van der Waals surface area contributed by atoms with E-state index in [9.17, 15) is 13.2 Å². The molecule has 1 amide bonds. The van der Waals surface area contributed by atoms with Crippen LogP contribution in [0.4, 0.5) is 5.95 Å². The van der Waals surface area contributed by atoms with Crippen LogP contribution < -0.4 is 5.32 Å². The Labute approximate surface area is 159 Å². The smallest absolute Gasteiger partial charge is 0.243 e. The molecule has 1 aliphatic heterocycles. The average Bonchev–Trinajstić information content (AvgIpc) is 2.72. The van der Waals surface area contributed by atoms with Gasteiger partial charge in [0, 0.05) is 51.5 Å². The second-order valence-electron chi connectivity index (χ2n) is 6.20. The van der Waals surface area contributed by atoms with Gasteiger partial charge >= 0.3 is 0 Å². The highest BCUT2D eigenvalue weighted by Gasteiger charge is 2.29. The first kappa shape index (κ1) is 19.2. The Morgan fingerprint density at radius 3 is 2.33 bits per heavy atom. The van der Waals surface area contributed by atoms with Crippen LogP contribution >= 0.6 is 0 Å². The molecule has 9 heteroatoms. The largest absolute Gasteiger partial charge is 0.354 e. The summed E-state index contributed by atoms with van der Waals surface area (Å²) in [5, 5.41) is 3.07. The Balaban J connectivity index is 1.43. The molecule has 2 heterocycles. The van der Waals surface area contributed by atoms with Crippen molar-refractivity contribution in [1.82, 2.24) is 19.2 Å². The standard InChI is InChI=1S/C18H23N5O3S/c24-17(8-4-9-19-18-20-10-5-11-21-18)22-12-14-23(15-13-22)27(25,26)16-6-2-1-3-7-16/h1-3,5-7,10-11H,4,8-9,12-15H2,(H,19,20,21). The van der Waals surface area contributed by atoms with Crippen LogP contribution in [0.2, 0.25) is 0 Å². The molecular weight excluding hydrogens is 366 g/mol. The van der Waals surface area contributed by atoms with Gasteiger partial charge in [0.25, 0.3) is 0 Å². The van der Waals surface area contributed by atoms with E-state index in [1.807, 2.05) is 0 Å². The summed E-state index contributed by atoms with van der Waals surface area (Å²) in [6.45, 7) is 2.08. The van der Waals surface area contributed by atoms with Gasteiger partial charge in [-0.2, -0.15) is 4.31 Å². The minimum absolute atomic E-state index is 0.0440. The second-order valence-corrected chi connectivity index (χ2v) is 8.14. The minimum atomic E-state index is -3.49. The maximum absolute atomic E-state index is 12.6. The highest BCUT2D eigenvalue weighted by atomic mass is 32.2. The summed E-state index contributed by atoms with van der Waals surface area (Å²) in [6, 6.07) is 10.1. The summed E-state index contributed by atoms with van der Waals surface area (Å²) in [7, 11) is -3.49. The molecule has 1 aromatic carbocycles. The monoisotopic (exact) mass is 389 g/mol. The van der Waals surface area contributed by atoms with Gasteiger partial charge in [-0.1, -0.05) is 18.2 Å². The Kier molecular flexibility index (Phi) is 6.36. The van der Waals surface area contributed by atoms with Crippen molar-refractivity contribution in [3.05, 3.63) is 48.8 Å². The number of sulfonamides is 1. The summed E-state index contributed by atoms with van der Waals surface area (Å²) in [5.41, 5.74) is 0. The van der Waals surface area contributed by atoms with Crippen molar-refractivity contribution in [3.63, 3.8) is 0 Å². The predicted octanol–water partition coefficient (Wildman–Crippen LogP) is 1.20. The Morgan fingerprint density at radius 1 is 1.00 bits per heavy atom. The molecule has 8 nitrogen and oxygen atoms in total. The molecule has 1 aliphatic rings. The molecule has 1 fully saturated rings. The number of piperazine rings is 1. The number of nitrogens with zero attached hydrogens (tertiary/aromatic N) is 4. The lowest BCUT2D eigenvalue weighted by molar-refractivity contribution is -0.132. The van der Waals surface area contributed by atoms with E-state index in [4.69, 9.17) is 0 Å². The lowest BCUT2D eigenvalue weighted by Crippen LogP contribution is -2.50. The maximum atomic E-state index is 12.6. The molecule has 1 N–H and O–H groups in total. The topological polar surface area (TPSA) is 95.5 Å². The van der Waals surface area contributed by atoms with Crippen molar-refractivity contribution in [1.29, 1.82) is 0 Å². The van der Waals surface area contributed by atoms with Crippen molar-refractivity contribution in [2.45, 2.75) is 17.7 Å². The van der Waals surface area contributed by atoms with Gasteiger partial charge in [0.1, 0.15) is 0 Å². The summed E-state index contributed by atoms with van der Waals surface area (Å²) >= 11 is 0. The lowest BCUT2D eigenvalue weighted by atomic mass is 10.2. The van der Waals surface area contributed by atoms with E-state index in [1.165, 1.54) is 4.31 Å². The van der Waals surface area contributed by atoms with Gasteiger partial charge in [-0.05, 0) is 24.6 Å². The zero-order chi connectivity index (χ0) is 19.1. The van der Waals surface area contributed by atoms with Crippen molar-refractivity contribution in [3.8, 4) is 0 Å². The van der Waals surface area contributed by atoms with E-state index in [1.54, 1.807) is 53.7 Å². The predicted molar refractivity (Wildman–Crippen MR) is 102 cm³/mol. The highest BCUT2D eigenvalue weighted by molar-refractivity contribution is 7.89. The van der Waals surface area contributed by atoms with Crippen LogP contribution in [-0.4, -0.2) is 66.2 Å². The SMILES string of the molecule is O=C(CCCNc1ncccn1)N1CCN(S(=O)(=O)c2ccccc2)CC1. The summed E-state index contributed by atoms with van der Waals surface area (Å²) in [5.74, 6) is 0.590. The van der Waals surface area contributed by atoms with Crippen LogP contribution in [0.1, 0.15) is 12.8 Å². The molecule has 0 unspecified atom stereocenters. The van der Waals surface area contributed by atoms with E-state index < -0.39 is 10.0 Å². The normalized spacial score (nSPS) is 15.5. The van der Waals surface area contributed by atoms with Gasteiger partial charge in [0.15, 0.2) is 0 Å². The molecule has 144 valence electrons. The van der Waals surface area contributed by atoms with Crippen LogP contribution in [0.3, 0.4) is 0 Å². The van der Waals surface area contributed by atoms with Crippen LogP contribution in [0.15, 0.2) is 53.7 Å². The molecule has 3 rings (SSSR count). The van der Waals surface area contributed by atoms with E-state index in [0.717, 1.165) is 0 Å². The summed E-state index contributed by atoms with van der Waals surface area (Å²) < 4.78 is 26.7. The summed E-state index contributed by atoms with van der Waals surface area (Å²) in [6.07, 6.45) is 4.39. The van der Waals surface area contributed by atoms with Crippen molar-refractivity contribution >= 4 is 21.9 Å². The molecule has 0 saturated carbocycles. The molecule has 0 bridgehead atoms. The van der Waals surface area contributed by atoms with E-state index >= 15 is 0 Å². The van der Waals surface area contributed by atoms with Gasteiger partial charge in [-0.15, -0.1) is 0 Å². The van der Waals surface area contributed by atoms with Crippen LogP contribution in [-0.2, 0) is 14.8 Å². The van der Waals surface area contributed by atoms with Crippen molar-refractivity contribution in [2.24, 2.45) is 0 Å². The number of rotatable bonds is 7. The quantitative estimate of drug-likeness (QED) is 0.715. The number of hydrogen-bond acceptors (Lipinski definition) is 6. The number of nitrogens with one attached hydrogen (secondary N) is 1. The summed E-state index contributed by atoms with van der Waals surface area (Å²) in [4.78, 5) is 22.5. The molecule has 27 heavy (non-hydrogen) atoms. The molecule has 0 aliphatic carbocycles. The fraction of sp³-hybridized carbons (Fsp3) is 0.389. The van der Waals surface area contributed by atoms with Gasteiger partial charge in [-0.3, -0.25) is 4.79 Å². The number of carbonyl (C=O) groups excluding carboxylic acids is 1. The first-order chi connectivity index (χ1) is 13.1. The number of amides is 1. The zero-order valence-corrected chi connectivity index (χ0v) is 15.8. The van der Waals surface area contributed by atoms with Gasteiger partial charge in [0.2, 0.25) is 21.9 Å². The van der Waals surface area contributed by atoms with Gasteiger partial charge in [0.05, 0.1) is 4.90 Å². The minimum Gasteiger partial charge on any atom is -0.354 e. The van der Waals surface area contributed by atoms with E-state index in [-0.39, 0.29) is 5.91 Å². The third-order valence-electron chi connectivity index (χ3n) is 4.39. The fourth-order valence-electron chi connectivity index (χ4n) is 2.91. The third kappa shape index (κ3) is 5.01. The van der Waals surface area contributed by atoms with Gasteiger partial charge in [-0.25, -0.2) is 18.4 Å².